The molecular formula is C18H20N4O2S. The molecule has 0 aromatic carbocycles. The molecule has 0 unspecified atom stereocenters. The van der Waals surface area contributed by atoms with Crippen LogP contribution in [0.5, 0.6) is 0 Å². The molecule has 130 valence electrons. The van der Waals surface area contributed by atoms with E-state index < -0.39 is 0 Å². The van der Waals surface area contributed by atoms with Gasteiger partial charge in [0.2, 0.25) is 5.91 Å². The fourth-order valence-electron chi connectivity index (χ4n) is 3.07. The molecule has 0 fully saturated rings. The fourth-order valence-corrected chi connectivity index (χ4v) is 3.75. The Hall–Kier alpha value is -2.41. The van der Waals surface area contributed by atoms with Gasteiger partial charge in [-0.15, -0.1) is 21.5 Å². The van der Waals surface area contributed by atoms with E-state index in [9.17, 15) is 4.79 Å². The summed E-state index contributed by atoms with van der Waals surface area (Å²) in [6.07, 6.45) is 4.29. The van der Waals surface area contributed by atoms with E-state index in [4.69, 9.17) is 4.42 Å². The third kappa shape index (κ3) is 3.66. The van der Waals surface area contributed by atoms with Crippen LogP contribution in [0.2, 0.25) is 0 Å². The summed E-state index contributed by atoms with van der Waals surface area (Å²) in [5, 5.41) is 13.4. The van der Waals surface area contributed by atoms with Gasteiger partial charge in [-0.3, -0.25) is 4.79 Å². The Morgan fingerprint density at radius 2 is 2.24 bits per heavy atom. The molecule has 25 heavy (non-hydrogen) atoms. The Balaban J connectivity index is 1.28. The van der Waals surface area contributed by atoms with Gasteiger partial charge in [0, 0.05) is 25.8 Å². The minimum atomic E-state index is 0.00207. The largest absolute Gasteiger partial charge is 0.460 e. The Morgan fingerprint density at radius 3 is 3.12 bits per heavy atom. The summed E-state index contributed by atoms with van der Waals surface area (Å²) in [5.41, 5.74) is 0. The number of amides is 1. The highest BCUT2D eigenvalue weighted by atomic mass is 32.1. The molecule has 1 N–H and O–H groups in total. The van der Waals surface area contributed by atoms with Gasteiger partial charge in [0.25, 0.3) is 0 Å². The number of hydrogen-bond donors (Lipinski definition) is 1. The Morgan fingerprint density at radius 1 is 1.28 bits per heavy atom. The average molecular weight is 356 g/mol. The summed E-state index contributed by atoms with van der Waals surface area (Å²) in [6, 6.07) is 7.93. The van der Waals surface area contributed by atoms with E-state index in [1.54, 1.807) is 11.3 Å². The lowest BCUT2D eigenvalue weighted by atomic mass is 10.2. The van der Waals surface area contributed by atoms with Crippen molar-refractivity contribution in [2.24, 2.45) is 0 Å². The molecule has 3 aromatic heterocycles. The highest BCUT2D eigenvalue weighted by Crippen LogP contribution is 2.26. The molecule has 0 aliphatic carbocycles. The van der Waals surface area contributed by atoms with Crippen LogP contribution in [0.4, 0.5) is 0 Å². The van der Waals surface area contributed by atoms with Crippen molar-refractivity contribution < 1.29 is 9.21 Å². The lowest BCUT2D eigenvalue weighted by molar-refractivity contribution is -0.121. The number of aromatic nitrogens is 3. The van der Waals surface area contributed by atoms with E-state index in [-0.39, 0.29) is 5.91 Å². The molecule has 4 heterocycles. The number of fused-ring (bicyclic) bond motifs is 1. The molecule has 0 saturated heterocycles. The molecule has 0 spiro atoms. The van der Waals surface area contributed by atoms with Crippen molar-refractivity contribution in [1.82, 2.24) is 20.1 Å². The molecule has 7 heteroatoms. The molecule has 4 rings (SSSR count). The molecule has 0 bridgehead atoms. The van der Waals surface area contributed by atoms with Gasteiger partial charge in [-0.25, -0.2) is 0 Å². The molecule has 1 aliphatic heterocycles. The standard InChI is InChI=1S/C18H20N4O2S/c23-18(19-12-17-21-20-16-5-1-2-10-22(16)17)9-7-13-6-8-14(24-13)15-4-3-11-25-15/h3-4,6,8,11H,1-2,5,7,9-10,12H2,(H,19,23). The monoisotopic (exact) mass is 356 g/mol. The van der Waals surface area contributed by atoms with Gasteiger partial charge in [0.1, 0.15) is 17.3 Å². The van der Waals surface area contributed by atoms with Crippen LogP contribution in [0.1, 0.15) is 36.7 Å². The second kappa shape index (κ2) is 7.23. The smallest absolute Gasteiger partial charge is 0.220 e. The third-order valence-electron chi connectivity index (χ3n) is 4.40. The topological polar surface area (TPSA) is 73.0 Å². The highest BCUT2D eigenvalue weighted by Gasteiger charge is 2.16. The molecule has 0 saturated carbocycles. The molecule has 1 amide bonds. The number of carbonyl (C=O) groups is 1. The molecule has 0 radical (unpaired) electrons. The van der Waals surface area contributed by atoms with Gasteiger partial charge in [-0.1, -0.05) is 6.07 Å². The van der Waals surface area contributed by atoms with Crippen molar-refractivity contribution in [3.8, 4) is 10.6 Å². The van der Waals surface area contributed by atoms with E-state index in [0.29, 0.717) is 19.4 Å². The third-order valence-corrected chi connectivity index (χ3v) is 5.29. The predicted molar refractivity (Wildman–Crippen MR) is 95.1 cm³/mol. The molecule has 3 aromatic rings. The zero-order valence-electron chi connectivity index (χ0n) is 13.9. The summed E-state index contributed by atoms with van der Waals surface area (Å²) in [4.78, 5) is 13.2. The van der Waals surface area contributed by atoms with Gasteiger partial charge >= 0.3 is 0 Å². The summed E-state index contributed by atoms with van der Waals surface area (Å²) >= 11 is 1.64. The lowest BCUT2D eigenvalue weighted by Crippen LogP contribution is -2.25. The zero-order chi connectivity index (χ0) is 17.1. The summed E-state index contributed by atoms with van der Waals surface area (Å²) in [5.74, 6) is 3.58. The number of nitrogens with one attached hydrogen (secondary N) is 1. The van der Waals surface area contributed by atoms with Crippen LogP contribution >= 0.6 is 11.3 Å². The van der Waals surface area contributed by atoms with Crippen LogP contribution < -0.4 is 5.32 Å². The minimum Gasteiger partial charge on any atom is -0.460 e. The van der Waals surface area contributed by atoms with E-state index in [2.05, 4.69) is 20.1 Å². The number of rotatable bonds is 6. The fraction of sp³-hybridized carbons (Fsp3) is 0.389. The number of nitrogens with zero attached hydrogens (tertiary/aromatic N) is 3. The Labute approximate surface area is 149 Å². The van der Waals surface area contributed by atoms with Gasteiger partial charge in [0.15, 0.2) is 5.82 Å². The predicted octanol–water partition coefficient (Wildman–Crippen LogP) is 3.18. The maximum atomic E-state index is 12.1. The second-order valence-corrected chi connectivity index (χ2v) is 7.11. The first-order valence-corrected chi connectivity index (χ1v) is 9.48. The van der Waals surface area contributed by atoms with Gasteiger partial charge in [-0.2, -0.15) is 0 Å². The first-order valence-electron chi connectivity index (χ1n) is 8.60. The van der Waals surface area contributed by atoms with Crippen molar-refractivity contribution in [3.63, 3.8) is 0 Å². The van der Waals surface area contributed by atoms with Crippen LogP contribution in [-0.2, 0) is 30.7 Å². The van der Waals surface area contributed by atoms with Crippen molar-refractivity contribution in [3.05, 3.63) is 47.1 Å². The van der Waals surface area contributed by atoms with Crippen molar-refractivity contribution in [1.29, 1.82) is 0 Å². The first-order chi connectivity index (χ1) is 12.3. The lowest BCUT2D eigenvalue weighted by Gasteiger charge is -2.14. The first kappa shape index (κ1) is 16.1. The summed E-state index contributed by atoms with van der Waals surface area (Å²) < 4.78 is 7.94. The molecule has 0 atom stereocenters. The number of furan rings is 1. The normalized spacial score (nSPS) is 13.6. The van der Waals surface area contributed by atoms with Crippen molar-refractivity contribution >= 4 is 17.2 Å². The van der Waals surface area contributed by atoms with Crippen LogP contribution in [0.15, 0.2) is 34.1 Å². The van der Waals surface area contributed by atoms with E-state index in [1.807, 2.05) is 29.6 Å². The number of thiophene rings is 1. The Kier molecular flexibility index (Phi) is 4.65. The quantitative estimate of drug-likeness (QED) is 0.736. The Bertz CT molecular complexity index is 850. The number of carbonyl (C=O) groups excluding carboxylic acids is 1. The van der Waals surface area contributed by atoms with E-state index in [1.165, 1.54) is 6.42 Å². The summed E-state index contributed by atoms with van der Waals surface area (Å²) in [7, 11) is 0. The molecule has 1 aliphatic rings. The van der Waals surface area contributed by atoms with Crippen molar-refractivity contribution in [2.45, 2.75) is 45.2 Å². The van der Waals surface area contributed by atoms with Gasteiger partial charge in [0.05, 0.1) is 11.4 Å². The summed E-state index contributed by atoms with van der Waals surface area (Å²) in [6.45, 7) is 1.38. The average Bonchev–Trinajstić information content (AvgIpc) is 3.38. The SMILES string of the molecule is O=C(CCc1ccc(-c2cccs2)o1)NCc1nnc2n1CCCC2. The van der Waals surface area contributed by atoms with Crippen LogP contribution in [0.3, 0.4) is 0 Å². The highest BCUT2D eigenvalue weighted by molar-refractivity contribution is 7.13. The van der Waals surface area contributed by atoms with Gasteiger partial charge in [-0.05, 0) is 36.4 Å². The molecule has 6 nitrogen and oxygen atoms in total. The van der Waals surface area contributed by atoms with Crippen molar-refractivity contribution in [2.75, 3.05) is 0 Å². The number of aryl methyl sites for hydroxylation is 2. The van der Waals surface area contributed by atoms with Crippen LogP contribution in [-0.4, -0.2) is 20.7 Å². The molecular weight excluding hydrogens is 336 g/mol. The number of hydrogen-bond acceptors (Lipinski definition) is 5. The maximum absolute atomic E-state index is 12.1. The van der Waals surface area contributed by atoms with Gasteiger partial charge < -0.3 is 14.3 Å². The van der Waals surface area contributed by atoms with Crippen LogP contribution in [0, 0.1) is 0 Å². The van der Waals surface area contributed by atoms with E-state index >= 15 is 0 Å². The zero-order valence-corrected chi connectivity index (χ0v) is 14.7. The maximum Gasteiger partial charge on any atom is 0.220 e. The van der Waals surface area contributed by atoms with E-state index in [0.717, 1.165) is 47.4 Å². The second-order valence-electron chi connectivity index (χ2n) is 6.16. The minimum absolute atomic E-state index is 0.00207. The van der Waals surface area contributed by atoms with Crippen LogP contribution in [0.25, 0.3) is 10.6 Å².